The van der Waals surface area contributed by atoms with Crippen LogP contribution in [0.1, 0.15) is 36.8 Å². The summed E-state index contributed by atoms with van der Waals surface area (Å²) < 4.78 is 11.4. The minimum atomic E-state index is -0.855. The zero-order valence-corrected chi connectivity index (χ0v) is 15.3. The highest BCUT2D eigenvalue weighted by molar-refractivity contribution is 6.07. The van der Waals surface area contributed by atoms with Crippen LogP contribution in [0.15, 0.2) is 24.3 Å². The summed E-state index contributed by atoms with van der Waals surface area (Å²) in [6.45, 7) is 4.91. The van der Waals surface area contributed by atoms with E-state index < -0.39 is 11.2 Å². The van der Waals surface area contributed by atoms with Crippen LogP contribution >= 0.6 is 0 Å². The quantitative estimate of drug-likeness (QED) is 0.833. The number of carbonyl (C=O) groups excluding carboxylic acids is 2. The van der Waals surface area contributed by atoms with Crippen LogP contribution in [-0.2, 0) is 25.6 Å². The molecule has 0 aromatic heterocycles. The fourth-order valence-electron chi connectivity index (χ4n) is 3.98. The molecule has 0 radical (unpaired) electrons. The van der Waals surface area contributed by atoms with Crippen molar-refractivity contribution >= 4 is 11.8 Å². The minimum absolute atomic E-state index is 0.0351. The molecule has 1 aromatic carbocycles. The molecule has 0 bridgehead atoms. The van der Waals surface area contributed by atoms with Crippen LogP contribution in [0.5, 0.6) is 0 Å². The van der Waals surface area contributed by atoms with Crippen molar-refractivity contribution in [3.8, 4) is 0 Å². The molecule has 1 saturated carbocycles. The first-order chi connectivity index (χ1) is 12.5. The summed E-state index contributed by atoms with van der Waals surface area (Å²) in [6, 6.07) is 8.04. The number of aryl methyl sites for hydroxylation is 1. The molecule has 4 rings (SSSR count). The zero-order valence-electron chi connectivity index (χ0n) is 15.3. The number of rotatable bonds is 4. The van der Waals surface area contributed by atoms with Crippen LogP contribution < -0.4 is 5.32 Å². The number of amides is 2. The Labute approximate surface area is 153 Å². The Balaban J connectivity index is 1.34. The predicted octanol–water partition coefficient (Wildman–Crippen LogP) is 1.76. The average Bonchev–Trinajstić information content (AvgIpc) is 3.35. The number of ether oxygens (including phenoxy) is 2. The molecule has 0 unspecified atom stereocenters. The van der Waals surface area contributed by atoms with Gasteiger partial charge < -0.3 is 19.7 Å². The Morgan fingerprint density at radius 1 is 1.12 bits per heavy atom. The molecule has 0 atom stereocenters. The first-order valence-corrected chi connectivity index (χ1v) is 9.44. The number of carbonyl (C=O) groups is 2. The van der Waals surface area contributed by atoms with Gasteiger partial charge in [0.1, 0.15) is 5.41 Å². The Hall–Kier alpha value is -1.92. The van der Waals surface area contributed by atoms with Crippen molar-refractivity contribution < 1.29 is 19.1 Å². The van der Waals surface area contributed by atoms with Gasteiger partial charge in [0.2, 0.25) is 11.8 Å². The molecular formula is C20H26N2O4. The number of hydrogen-bond donors (Lipinski definition) is 1. The van der Waals surface area contributed by atoms with Gasteiger partial charge in [-0.1, -0.05) is 29.8 Å². The molecule has 2 amide bonds. The van der Waals surface area contributed by atoms with E-state index in [0.29, 0.717) is 58.5 Å². The molecule has 26 heavy (non-hydrogen) atoms. The van der Waals surface area contributed by atoms with E-state index in [1.807, 2.05) is 36.1 Å². The highest BCUT2D eigenvalue weighted by atomic mass is 16.7. The smallest absolute Gasteiger partial charge is 0.238 e. The number of nitrogens with one attached hydrogen (secondary N) is 1. The van der Waals surface area contributed by atoms with Crippen molar-refractivity contribution in [2.24, 2.45) is 5.41 Å². The van der Waals surface area contributed by atoms with Gasteiger partial charge in [0.25, 0.3) is 0 Å². The van der Waals surface area contributed by atoms with Crippen molar-refractivity contribution in [3.63, 3.8) is 0 Å². The molecule has 3 aliphatic rings. The number of piperidine rings is 1. The lowest BCUT2D eigenvalue weighted by Crippen LogP contribution is -2.51. The first kappa shape index (κ1) is 17.5. The second-order valence-corrected chi connectivity index (χ2v) is 7.65. The second kappa shape index (κ2) is 6.67. The number of nitrogens with zero attached hydrogens (tertiary/aromatic N) is 1. The van der Waals surface area contributed by atoms with Crippen molar-refractivity contribution in [2.45, 2.75) is 44.9 Å². The van der Waals surface area contributed by atoms with Crippen LogP contribution in [0, 0.1) is 12.3 Å². The van der Waals surface area contributed by atoms with E-state index >= 15 is 0 Å². The van der Waals surface area contributed by atoms with E-state index in [2.05, 4.69) is 5.32 Å². The summed E-state index contributed by atoms with van der Waals surface area (Å²) >= 11 is 0. The number of hydrogen-bond acceptors (Lipinski definition) is 4. The fraction of sp³-hybridized carbons (Fsp3) is 0.600. The molecule has 140 valence electrons. The van der Waals surface area contributed by atoms with Crippen molar-refractivity contribution in [1.82, 2.24) is 10.2 Å². The molecule has 6 nitrogen and oxygen atoms in total. The molecule has 1 spiro atoms. The lowest BCUT2D eigenvalue weighted by atomic mass is 9.98. The van der Waals surface area contributed by atoms with Crippen molar-refractivity contribution in [2.75, 3.05) is 26.3 Å². The lowest BCUT2D eigenvalue weighted by molar-refractivity contribution is -0.188. The van der Waals surface area contributed by atoms with Crippen LogP contribution in [0.25, 0.3) is 0 Å². The van der Waals surface area contributed by atoms with E-state index in [-0.39, 0.29) is 11.8 Å². The van der Waals surface area contributed by atoms with Crippen LogP contribution in [-0.4, -0.2) is 48.8 Å². The van der Waals surface area contributed by atoms with Gasteiger partial charge in [-0.3, -0.25) is 9.59 Å². The Morgan fingerprint density at radius 3 is 2.42 bits per heavy atom. The third kappa shape index (κ3) is 3.23. The summed E-state index contributed by atoms with van der Waals surface area (Å²) in [5, 5.41) is 2.96. The maximum atomic E-state index is 13.0. The third-order valence-corrected chi connectivity index (χ3v) is 5.76. The average molecular weight is 358 g/mol. The van der Waals surface area contributed by atoms with E-state index in [4.69, 9.17) is 9.47 Å². The predicted molar refractivity (Wildman–Crippen MR) is 95.1 cm³/mol. The molecule has 2 heterocycles. The van der Waals surface area contributed by atoms with E-state index in [1.165, 1.54) is 0 Å². The maximum absolute atomic E-state index is 13.0. The van der Waals surface area contributed by atoms with Gasteiger partial charge >= 0.3 is 0 Å². The van der Waals surface area contributed by atoms with Gasteiger partial charge in [0.15, 0.2) is 5.79 Å². The summed E-state index contributed by atoms with van der Waals surface area (Å²) in [6.07, 6.45) is 2.64. The van der Waals surface area contributed by atoms with Crippen LogP contribution in [0.4, 0.5) is 0 Å². The van der Waals surface area contributed by atoms with E-state index in [1.54, 1.807) is 0 Å². The summed E-state index contributed by atoms with van der Waals surface area (Å²) in [7, 11) is 0. The first-order valence-electron chi connectivity index (χ1n) is 9.44. The molecule has 3 fully saturated rings. The van der Waals surface area contributed by atoms with Gasteiger partial charge in [-0.15, -0.1) is 0 Å². The standard InChI is InChI=1S/C20H26N2O4/c1-15-3-2-4-16(13-15)14-21-17(23)19(5-6-19)18(24)22-9-7-20(8-10-22)25-11-12-26-20/h2-4,13H,5-12,14H2,1H3,(H,21,23). The van der Waals surface area contributed by atoms with E-state index in [9.17, 15) is 9.59 Å². The third-order valence-electron chi connectivity index (χ3n) is 5.76. The van der Waals surface area contributed by atoms with Crippen molar-refractivity contribution in [3.05, 3.63) is 35.4 Å². The maximum Gasteiger partial charge on any atom is 0.238 e. The van der Waals surface area contributed by atoms with Gasteiger partial charge in [0, 0.05) is 32.5 Å². The Bertz CT molecular complexity index is 698. The summed E-state index contributed by atoms with van der Waals surface area (Å²) in [4.78, 5) is 27.5. The fourth-order valence-corrected chi connectivity index (χ4v) is 3.98. The van der Waals surface area contributed by atoms with Gasteiger partial charge in [-0.25, -0.2) is 0 Å². The lowest BCUT2D eigenvalue weighted by Gasteiger charge is -2.38. The van der Waals surface area contributed by atoms with Gasteiger partial charge in [-0.2, -0.15) is 0 Å². The normalized spacial score (nSPS) is 23.0. The van der Waals surface area contributed by atoms with E-state index in [0.717, 1.165) is 11.1 Å². The topological polar surface area (TPSA) is 67.9 Å². The second-order valence-electron chi connectivity index (χ2n) is 7.65. The molecule has 1 aromatic rings. The monoisotopic (exact) mass is 358 g/mol. The highest BCUT2D eigenvalue weighted by Crippen LogP contribution is 2.48. The SMILES string of the molecule is Cc1cccc(CNC(=O)C2(C(=O)N3CCC4(CC3)OCCO4)CC2)c1. The number of likely N-dealkylation sites (tertiary alicyclic amines) is 1. The van der Waals surface area contributed by atoms with Crippen LogP contribution in [0.2, 0.25) is 0 Å². The Morgan fingerprint density at radius 2 is 1.81 bits per heavy atom. The Kier molecular flexibility index (Phi) is 4.49. The largest absolute Gasteiger partial charge is 0.351 e. The molecule has 1 aliphatic carbocycles. The minimum Gasteiger partial charge on any atom is -0.351 e. The molecule has 2 aliphatic heterocycles. The van der Waals surface area contributed by atoms with Crippen LogP contribution in [0.3, 0.4) is 0 Å². The number of benzene rings is 1. The van der Waals surface area contributed by atoms with Crippen molar-refractivity contribution in [1.29, 1.82) is 0 Å². The highest BCUT2D eigenvalue weighted by Gasteiger charge is 2.58. The molecule has 1 N–H and O–H groups in total. The zero-order chi connectivity index (χ0) is 18.2. The molecular weight excluding hydrogens is 332 g/mol. The molecule has 2 saturated heterocycles. The van der Waals surface area contributed by atoms with Gasteiger partial charge in [0.05, 0.1) is 13.2 Å². The summed E-state index contributed by atoms with van der Waals surface area (Å²) in [5.41, 5.74) is 1.36. The summed E-state index contributed by atoms with van der Waals surface area (Å²) in [5.74, 6) is -0.675. The molecule has 6 heteroatoms. The van der Waals surface area contributed by atoms with Gasteiger partial charge in [-0.05, 0) is 25.3 Å².